The molecule has 0 saturated carbocycles. The molecule has 1 aliphatic heterocycles. The lowest BCUT2D eigenvalue weighted by Crippen LogP contribution is -2.40. The first kappa shape index (κ1) is 16.2. The highest BCUT2D eigenvalue weighted by Crippen LogP contribution is 2.24. The van der Waals surface area contributed by atoms with Crippen LogP contribution in [-0.2, 0) is 11.3 Å². The highest BCUT2D eigenvalue weighted by atomic mass is 16.5. The molecule has 0 bridgehead atoms. The molecule has 1 saturated heterocycles. The minimum absolute atomic E-state index is 0.362. The maximum atomic E-state index is 5.81. The largest absolute Gasteiger partial charge is 0.377 e. The second kappa shape index (κ2) is 8.35. The number of aromatic nitrogens is 1. The van der Waals surface area contributed by atoms with Gasteiger partial charge in [0.15, 0.2) is 0 Å². The third-order valence-electron chi connectivity index (χ3n) is 3.88. The summed E-state index contributed by atoms with van der Waals surface area (Å²) in [6.07, 6.45) is 6.62. The zero-order valence-corrected chi connectivity index (χ0v) is 13.6. The molecule has 2 heterocycles. The fourth-order valence-corrected chi connectivity index (χ4v) is 2.87. The van der Waals surface area contributed by atoms with Crippen molar-refractivity contribution in [2.24, 2.45) is 5.92 Å². The summed E-state index contributed by atoms with van der Waals surface area (Å²) in [5, 5.41) is 3.53. The summed E-state index contributed by atoms with van der Waals surface area (Å²) in [6.45, 7) is 11.4. The van der Waals surface area contributed by atoms with E-state index in [1.165, 1.54) is 24.1 Å². The Balaban J connectivity index is 2.01. The predicted octanol–water partition coefficient (Wildman–Crippen LogP) is 2.83. The van der Waals surface area contributed by atoms with Crippen molar-refractivity contribution < 1.29 is 4.74 Å². The number of pyridine rings is 1. The van der Waals surface area contributed by atoms with Crippen LogP contribution in [0.15, 0.2) is 18.5 Å². The summed E-state index contributed by atoms with van der Waals surface area (Å²) in [5.74, 6) is 0.674. The van der Waals surface area contributed by atoms with E-state index in [4.69, 9.17) is 4.74 Å². The van der Waals surface area contributed by atoms with Gasteiger partial charge in [0.05, 0.1) is 18.0 Å². The van der Waals surface area contributed by atoms with Gasteiger partial charge in [-0.05, 0) is 43.9 Å². The Morgan fingerprint density at radius 2 is 2.33 bits per heavy atom. The first-order valence-corrected chi connectivity index (χ1v) is 8.20. The highest BCUT2D eigenvalue weighted by Gasteiger charge is 2.21. The molecular weight excluding hydrogens is 262 g/mol. The minimum atomic E-state index is 0.362. The van der Waals surface area contributed by atoms with Crippen LogP contribution in [0, 0.1) is 5.92 Å². The first-order chi connectivity index (χ1) is 10.2. The topological polar surface area (TPSA) is 37.4 Å². The van der Waals surface area contributed by atoms with Crippen LogP contribution >= 0.6 is 0 Å². The minimum Gasteiger partial charge on any atom is -0.377 e. The van der Waals surface area contributed by atoms with Gasteiger partial charge in [0.2, 0.25) is 0 Å². The normalized spacial score (nSPS) is 19.2. The van der Waals surface area contributed by atoms with E-state index in [0.29, 0.717) is 12.0 Å². The van der Waals surface area contributed by atoms with Crippen LogP contribution in [0.4, 0.5) is 5.69 Å². The van der Waals surface area contributed by atoms with Crippen molar-refractivity contribution in [2.45, 2.75) is 46.3 Å². The number of rotatable bonds is 7. The summed E-state index contributed by atoms with van der Waals surface area (Å²) < 4.78 is 5.81. The average molecular weight is 291 g/mol. The van der Waals surface area contributed by atoms with E-state index in [0.717, 1.165) is 32.8 Å². The van der Waals surface area contributed by atoms with Crippen LogP contribution in [0.5, 0.6) is 0 Å². The van der Waals surface area contributed by atoms with Crippen LogP contribution in [-0.4, -0.2) is 37.3 Å². The molecule has 4 nitrogen and oxygen atoms in total. The Morgan fingerprint density at radius 3 is 3.10 bits per heavy atom. The van der Waals surface area contributed by atoms with Crippen LogP contribution in [0.2, 0.25) is 0 Å². The van der Waals surface area contributed by atoms with Gasteiger partial charge >= 0.3 is 0 Å². The standard InChI is InChI=1S/C17H29N3O/c1-4-21-16-6-5-9-20(13-16)17-12-18-8-7-15(17)11-19-10-14(2)3/h7-8,12,14,16,19H,4-6,9-11,13H2,1-3H3. The van der Waals surface area contributed by atoms with Gasteiger partial charge in [-0.1, -0.05) is 13.8 Å². The van der Waals surface area contributed by atoms with Gasteiger partial charge < -0.3 is 15.0 Å². The maximum absolute atomic E-state index is 5.81. The molecule has 118 valence electrons. The average Bonchev–Trinajstić information content (AvgIpc) is 2.48. The van der Waals surface area contributed by atoms with Crippen molar-refractivity contribution in [1.82, 2.24) is 10.3 Å². The Kier molecular flexibility index (Phi) is 6.46. The van der Waals surface area contributed by atoms with E-state index >= 15 is 0 Å². The highest BCUT2D eigenvalue weighted by molar-refractivity contribution is 5.52. The van der Waals surface area contributed by atoms with Gasteiger partial charge in [-0.15, -0.1) is 0 Å². The van der Waals surface area contributed by atoms with E-state index in [1.54, 1.807) is 0 Å². The SMILES string of the molecule is CCOC1CCCN(c2cnccc2CNCC(C)C)C1. The number of piperidine rings is 1. The molecule has 0 aromatic carbocycles. The van der Waals surface area contributed by atoms with Crippen LogP contribution in [0.3, 0.4) is 0 Å². The van der Waals surface area contributed by atoms with Crippen molar-refractivity contribution >= 4 is 5.69 Å². The van der Waals surface area contributed by atoms with E-state index < -0.39 is 0 Å². The maximum Gasteiger partial charge on any atom is 0.0750 e. The molecule has 1 aromatic heterocycles. The van der Waals surface area contributed by atoms with Gasteiger partial charge in [-0.2, -0.15) is 0 Å². The van der Waals surface area contributed by atoms with E-state index in [1.807, 2.05) is 12.4 Å². The summed E-state index contributed by atoms with van der Waals surface area (Å²) in [6, 6.07) is 2.13. The second-order valence-electron chi connectivity index (χ2n) is 6.19. The van der Waals surface area contributed by atoms with Gasteiger partial charge in [0.1, 0.15) is 0 Å². The predicted molar refractivity (Wildman–Crippen MR) is 87.6 cm³/mol. The molecule has 1 N–H and O–H groups in total. The molecule has 1 fully saturated rings. The van der Waals surface area contributed by atoms with Crippen LogP contribution in [0.1, 0.15) is 39.2 Å². The lowest BCUT2D eigenvalue weighted by molar-refractivity contribution is 0.0526. The third kappa shape index (κ3) is 4.97. The van der Waals surface area contributed by atoms with Gasteiger partial charge in [-0.3, -0.25) is 4.98 Å². The zero-order chi connectivity index (χ0) is 15.1. The molecule has 0 amide bonds. The molecule has 1 aliphatic rings. The Hall–Kier alpha value is -1.13. The Bertz CT molecular complexity index is 420. The van der Waals surface area contributed by atoms with E-state index in [-0.39, 0.29) is 0 Å². The number of hydrogen-bond acceptors (Lipinski definition) is 4. The van der Waals surface area contributed by atoms with Crippen LogP contribution in [0.25, 0.3) is 0 Å². The van der Waals surface area contributed by atoms with Crippen molar-refractivity contribution in [3.05, 3.63) is 24.0 Å². The van der Waals surface area contributed by atoms with Gasteiger partial charge in [0.25, 0.3) is 0 Å². The summed E-state index contributed by atoms with van der Waals surface area (Å²) in [5.41, 5.74) is 2.60. The van der Waals surface area contributed by atoms with Crippen molar-refractivity contribution in [1.29, 1.82) is 0 Å². The fourth-order valence-electron chi connectivity index (χ4n) is 2.87. The molecule has 1 unspecified atom stereocenters. The lowest BCUT2D eigenvalue weighted by Gasteiger charge is -2.35. The number of anilines is 1. The quantitative estimate of drug-likeness (QED) is 0.838. The molecule has 4 heteroatoms. The van der Waals surface area contributed by atoms with Gasteiger partial charge in [0, 0.05) is 32.4 Å². The lowest BCUT2D eigenvalue weighted by atomic mass is 10.1. The molecule has 1 atom stereocenters. The van der Waals surface area contributed by atoms with E-state index in [9.17, 15) is 0 Å². The number of ether oxygens (including phenoxy) is 1. The fraction of sp³-hybridized carbons (Fsp3) is 0.706. The summed E-state index contributed by atoms with van der Waals surface area (Å²) >= 11 is 0. The molecule has 21 heavy (non-hydrogen) atoms. The number of nitrogens with one attached hydrogen (secondary N) is 1. The number of hydrogen-bond donors (Lipinski definition) is 1. The second-order valence-corrected chi connectivity index (χ2v) is 6.19. The third-order valence-corrected chi connectivity index (χ3v) is 3.88. The molecule has 2 rings (SSSR count). The number of nitrogens with zero attached hydrogens (tertiary/aromatic N) is 2. The van der Waals surface area contributed by atoms with Crippen molar-refractivity contribution in [3.63, 3.8) is 0 Å². The zero-order valence-electron chi connectivity index (χ0n) is 13.6. The van der Waals surface area contributed by atoms with E-state index in [2.05, 4.69) is 42.0 Å². The molecule has 0 spiro atoms. The Morgan fingerprint density at radius 1 is 1.48 bits per heavy atom. The molecule has 0 aliphatic carbocycles. The molecule has 0 radical (unpaired) electrons. The first-order valence-electron chi connectivity index (χ1n) is 8.20. The molecular formula is C17H29N3O. The van der Waals surface area contributed by atoms with Crippen molar-refractivity contribution in [2.75, 3.05) is 31.1 Å². The van der Waals surface area contributed by atoms with Gasteiger partial charge in [-0.25, -0.2) is 0 Å². The smallest absolute Gasteiger partial charge is 0.0750 e. The van der Waals surface area contributed by atoms with Crippen LogP contribution < -0.4 is 10.2 Å². The summed E-state index contributed by atoms with van der Waals surface area (Å²) in [4.78, 5) is 6.76. The molecule has 1 aromatic rings. The summed E-state index contributed by atoms with van der Waals surface area (Å²) in [7, 11) is 0. The monoisotopic (exact) mass is 291 g/mol. The van der Waals surface area contributed by atoms with Crippen molar-refractivity contribution in [3.8, 4) is 0 Å². The Labute approximate surface area is 128 Å².